The lowest BCUT2D eigenvalue weighted by Crippen LogP contribution is -2.32. The Morgan fingerprint density at radius 1 is 1.06 bits per heavy atom. The molecule has 0 bridgehead atoms. The highest BCUT2D eigenvalue weighted by atomic mass is 16.5. The van der Waals surface area contributed by atoms with Crippen LogP contribution in [0.1, 0.15) is 77.6 Å². The van der Waals surface area contributed by atoms with Gasteiger partial charge in [0.2, 0.25) is 0 Å². The topological polar surface area (TPSA) is 26.3 Å². The van der Waals surface area contributed by atoms with E-state index in [9.17, 15) is 4.79 Å². The Bertz CT molecular complexity index is 229. The first-order chi connectivity index (χ1) is 8.75. The molecule has 0 aromatic heterocycles. The summed E-state index contributed by atoms with van der Waals surface area (Å²) in [6.07, 6.45) is 12.8. The van der Waals surface area contributed by atoms with Gasteiger partial charge in [-0.1, -0.05) is 51.9 Å². The Morgan fingerprint density at radius 2 is 1.67 bits per heavy atom. The first kappa shape index (κ1) is 15.7. The lowest BCUT2D eigenvalue weighted by atomic mass is 9.80. The van der Waals surface area contributed by atoms with Crippen molar-refractivity contribution in [2.45, 2.75) is 77.6 Å². The van der Waals surface area contributed by atoms with Crippen molar-refractivity contribution in [3.8, 4) is 0 Å². The zero-order chi connectivity index (χ0) is 13.3. The van der Waals surface area contributed by atoms with E-state index in [-0.39, 0.29) is 5.41 Å². The number of ether oxygens (including phenoxy) is 1. The second-order valence-electron chi connectivity index (χ2n) is 5.86. The van der Waals surface area contributed by atoms with Gasteiger partial charge >= 0.3 is 0 Å². The van der Waals surface area contributed by atoms with Crippen LogP contribution in [0.5, 0.6) is 0 Å². The number of carbonyl (C=O) groups is 1. The molecular weight excluding hydrogens is 224 g/mol. The number of ketones is 1. The molecule has 2 nitrogen and oxygen atoms in total. The summed E-state index contributed by atoms with van der Waals surface area (Å²) in [4.78, 5) is 12.4. The molecule has 0 amide bonds. The zero-order valence-corrected chi connectivity index (χ0v) is 12.3. The van der Waals surface area contributed by atoms with Crippen LogP contribution in [0.3, 0.4) is 0 Å². The summed E-state index contributed by atoms with van der Waals surface area (Å²) in [7, 11) is 1.72. The van der Waals surface area contributed by atoms with Gasteiger partial charge in [0.1, 0.15) is 5.78 Å². The van der Waals surface area contributed by atoms with Gasteiger partial charge in [-0.25, -0.2) is 0 Å². The molecule has 0 aromatic rings. The minimum Gasteiger partial charge on any atom is -0.384 e. The fourth-order valence-electron chi connectivity index (χ4n) is 3.16. The van der Waals surface area contributed by atoms with Crippen LogP contribution in [0.15, 0.2) is 0 Å². The van der Waals surface area contributed by atoms with Crippen molar-refractivity contribution in [3.63, 3.8) is 0 Å². The normalized spacial score (nSPS) is 18.1. The van der Waals surface area contributed by atoms with Gasteiger partial charge in [0, 0.05) is 13.5 Å². The third-order valence-corrected chi connectivity index (χ3v) is 4.33. The molecule has 106 valence electrons. The lowest BCUT2D eigenvalue weighted by molar-refractivity contribution is -0.131. The smallest absolute Gasteiger partial charge is 0.141 e. The molecule has 1 fully saturated rings. The zero-order valence-electron chi connectivity index (χ0n) is 12.3. The minimum atomic E-state index is -0.113. The van der Waals surface area contributed by atoms with E-state index in [1.54, 1.807) is 7.11 Å². The molecular formula is C16H30O2. The van der Waals surface area contributed by atoms with Crippen LogP contribution in [0.25, 0.3) is 0 Å². The van der Waals surface area contributed by atoms with Crippen LogP contribution in [0.4, 0.5) is 0 Å². The molecule has 0 aromatic carbocycles. The van der Waals surface area contributed by atoms with E-state index in [0.717, 1.165) is 25.7 Å². The molecule has 0 unspecified atom stereocenters. The molecule has 2 heteroatoms. The maximum absolute atomic E-state index is 12.4. The van der Waals surface area contributed by atoms with Crippen LogP contribution in [0.2, 0.25) is 0 Å². The van der Waals surface area contributed by atoms with Crippen LogP contribution in [0, 0.1) is 5.41 Å². The van der Waals surface area contributed by atoms with E-state index < -0.39 is 0 Å². The summed E-state index contributed by atoms with van der Waals surface area (Å²) in [5.74, 6) is 0.470. The highest BCUT2D eigenvalue weighted by molar-refractivity contribution is 5.85. The van der Waals surface area contributed by atoms with Crippen molar-refractivity contribution in [1.82, 2.24) is 0 Å². The fraction of sp³-hybridized carbons (Fsp3) is 0.938. The standard InChI is InChI=1S/C16H30O2/c1-3-4-5-6-7-8-11-15(17)16(14-18-2)12-9-10-13-16/h3-14H2,1-2H3. The number of rotatable bonds is 10. The molecule has 1 saturated carbocycles. The Morgan fingerprint density at radius 3 is 2.28 bits per heavy atom. The van der Waals surface area contributed by atoms with E-state index in [1.165, 1.54) is 44.9 Å². The van der Waals surface area contributed by atoms with Gasteiger partial charge < -0.3 is 4.74 Å². The largest absolute Gasteiger partial charge is 0.384 e. The Hall–Kier alpha value is -0.370. The van der Waals surface area contributed by atoms with Crippen LogP contribution in [-0.4, -0.2) is 19.5 Å². The van der Waals surface area contributed by atoms with E-state index >= 15 is 0 Å². The van der Waals surface area contributed by atoms with E-state index in [1.807, 2.05) is 0 Å². The van der Waals surface area contributed by atoms with Gasteiger partial charge in [-0.05, 0) is 19.3 Å². The summed E-state index contributed by atoms with van der Waals surface area (Å²) in [6.45, 7) is 2.87. The van der Waals surface area contributed by atoms with Gasteiger partial charge in [-0.15, -0.1) is 0 Å². The average molecular weight is 254 g/mol. The predicted octanol–water partition coefficient (Wildman–Crippen LogP) is 4.51. The molecule has 0 aliphatic heterocycles. The lowest BCUT2D eigenvalue weighted by Gasteiger charge is -2.26. The predicted molar refractivity (Wildman–Crippen MR) is 75.8 cm³/mol. The van der Waals surface area contributed by atoms with Gasteiger partial charge in [0.15, 0.2) is 0 Å². The third-order valence-electron chi connectivity index (χ3n) is 4.33. The second-order valence-corrected chi connectivity index (χ2v) is 5.86. The molecule has 0 atom stereocenters. The number of unbranched alkanes of at least 4 members (excludes halogenated alkanes) is 5. The van der Waals surface area contributed by atoms with Crippen molar-refractivity contribution < 1.29 is 9.53 Å². The summed E-state index contributed by atoms with van der Waals surface area (Å²) in [6, 6.07) is 0. The summed E-state index contributed by atoms with van der Waals surface area (Å²) >= 11 is 0. The van der Waals surface area contributed by atoms with E-state index in [0.29, 0.717) is 12.4 Å². The molecule has 0 saturated heterocycles. The molecule has 0 radical (unpaired) electrons. The highest BCUT2D eigenvalue weighted by Gasteiger charge is 2.39. The van der Waals surface area contributed by atoms with Crippen molar-refractivity contribution >= 4 is 5.78 Å². The summed E-state index contributed by atoms with van der Waals surface area (Å²) in [5, 5.41) is 0. The van der Waals surface area contributed by atoms with Crippen LogP contribution in [-0.2, 0) is 9.53 Å². The monoisotopic (exact) mass is 254 g/mol. The van der Waals surface area contributed by atoms with E-state index in [2.05, 4.69) is 6.92 Å². The Labute approximate surface area is 112 Å². The SMILES string of the molecule is CCCCCCCCC(=O)C1(COC)CCCC1. The van der Waals surface area contributed by atoms with Crippen molar-refractivity contribution in [2.75, 3.05) is 13.7 Å². The summed E-state index contributed by atoms with van der Waals surface area (Å²) in [5.41, 5.74) is -0.113. The average Bonchev–Trinajstić information content (AvgIpc) is 2.83. The number of methoxy groups -OCH3 is 1. The van der Waals surface area contributed by atoms with Gasteiger partial charge in [0.25, 0.3) is 0 Å². The fourth-order valence-corrected chi connectivity index (χ4v) is 3.16. The van der Waals surface area contributed by atoms with Crippen LogP contribution < -0.4 is 0 Å². The first-order valence-electron chi connectivity index (χ1n) is 7.77. The third kappa shape index (κ3) is 4.72. The molecule has 1 rings (SSSR count). The maximum Gasteiger partial charge on any atom is 0.141 e. The van der Waals surface area contributed by atoms with Gasteiger partial charge in [-0.2, -0.15) is 0 Å². The molecule has 0 heterocycles. The molecule has 0 spiro atoms. The van der Waals surface area contributed by atoms with E-state index in [4.69, 9.17) is 4.74 Å². The Balaban J connectivity index is 2.21. The number of hydrogen-bond donors (Lipinski definition) is 0. The molecule has 18 heavy (non-hydrogen) atoms. The molecule has 1 aliphatic carbocycles. The minimum absolute atomic E-state index is 0.113. The second kappa shape index (κ2) is 8.68. The Kier molecular flexibility index (Phi) is 7.57. The maximum atomic E-state index is 12.4. The number of hydrogen-bond acceptors (Lipinski definition) is 2. The van der Waals surface area contributed by atoms with Crippen LogP contribution >= 0.6 is 0 Å². The quantitative estimate of drug-likeness (QED) is 0.536. The van der Waals surface area contributed by atoms with Crippen molar-refractivity contribution in [1.29, 1.82) is 0 Å². The number of Topliss-reactive ketones (excluding diaryl/α,β-unsaturated/α-hetero) is 1. The number of carbonyl (C=O) groups excluding carboxylic acids is 1. The van der Waals surface area contributed by atoms with Crippen molar-refractivity contribution in [3.05, 3.63) is 0 Å². The summed E-state index contributed by atoms with van der Waals surface area (Å²) < 4.78 is 5.29. The van der Waals surface area contributed by atoms with Gasteiger partial charge in [-0.3, -0.25) is 4.79 Å². The van der Waals surface area contributed by atoms with Gasteiger partial charge in [0.05, 0.1) is 12.0 Å². The molecule has 0 N–H and O–H groups in total. The molecule has 1 aliphatic rings. The highest BCUT2D eigenvalue weighted by Crippen LogP contribution is 2.40. The van der Waals surface area contributed by atoms with Crippen molar-refractivity contribution in [2.24, 2.45) is 5.41 Å². The first-order valence-corrected chi connectivity index (χ1v) is 7.77.